The summed E-state index contributed by atoms with van der Waals surface area (Å²) >= 11 is 3.25. The van der Waals surface area contributed by atoms with Gasteiger partial charge in [-0.2, -0.15) is 0 Å². The number of carbonyl (C=O) groups excluding carboxylic acids is 1. The summed E-state index contributed by atoms with van der Waals surface area (Å²) in [6.07, 6.45) is 2.52. The Bertz CT molecular complexity index is 985. The van der Waals surface area contributed by atoms with Gasteiger partial charge in [0.1, 0.15) is 0 Å². The molecule has 2 unspecified atom stereocenters. The lowest BCUT2D eigenvalue weighted by Crippen LogP contribution is -2.32. The van der Waals surface area contributed by atoms with Gasteiger partial charge >= 0.3 is 5.97 Å². The van der Waals surface area contributed by atoms with Crippen molar-refractivity contribution in [3.8, 4) is 0 Å². The van der Waals surface area contributed by atoms with E-state index < -0.39 is 16.0 Å². The van der Waals surface area contributed by atoms with Crippen molar-refractivity contribution in [2.45, 2.75) is 36.2 Å². The third-order valence-electron chi connectivity index (χ3n) is 5.26. The Labute approximate surface area is 186 Å². The van der Waals surface area contributed by atoms with Crippen LogP contribution in [-0.4, -0.2) is 45.4 Å². The lowest BCUT2D eigenvalue weighted by Gasteiger charge is -2.19. The van der Waals surface area contributed by atoms with E-state index in [0.29, 0.717) is 11.0 Å². The maximum absolute atomic E-state index is 12.9. The highest BCUT2D eigenvalue weighted by Gasteiger charge is 2.26. The van der Waals surface area contributed by atoms with Crippen molar-refractivity contribution in [1.29, 1.82) is 0 Å². The number of rotatable bonds is 8. The van der Waals surface area contributed by atoms with E-state index in [2.05, 4.69) is 38.9 Å². The van der Waals surface area contributed by atoms with Crippen molar-refractivity contribution in [1.82, 2.24) is 15.2 Å². The molecule has 30 heavy (non-hydrogen) atoms. The van der Waals surface area contributed by atoms with Gasteiger partial charge in [-0.15, -0.1) is 0 Å². The van der Waals surface area contributed by atoms with Gasteiger partial charge in [-0.05, 0) is 59.0 Å². The normalized spacial score (nSPS) is 19.2. The Morgan fingerprint density at radius 1 is 1.20 bits per heavy atom. The Balaban J connectivity index is 1.56. The highest BCUT2D eigenvalue weighted by molar-refractivity contribution is 9.10. The second-order valence-corrected chi connectivity index (χ2v) is 10.2. The summed E-state index contributed by atoms with van der Waals surface area (Å²) in [4.78, 5) is 11.9. The van der Waals surface area contributed by atoms with Gasteiger partial charge in [0, 0.05) is 30.1 Å². The van der Waals surface area contributed by atoms with Crippen LogP contribution < -0.4 is 10.9 Å². The number of hydrogen-bond acceptors (Lipinski definition) is 6. The Hall–Kier alpha value is -1.78. The predicted octanol–water partition coefficient (Wildman–Crippen LogP) is 3.24. The van der Waals surface area contributed by atoms with Gasteiger partial charge in [0.15, 0.2) is 0 Å². The molecule has 9 heteroatoms. The third-order valence-corrected chi connectivity index (χ3v) is 7.81. The minimum absolute atomic E-state index is 0.0680. The molecule has 0 spiro atoms. The van der Waals surface area contributed by atoms with Gasteiger partial charge in [-0.1, -0.05) is 30.3 Å². The van der Waals surface area contributed by atoms with E-state index in [9.17, 15) is 13.2 Å². The molecule has 0 saturated carbocycles. The highest BCUT2D eigenvalue weighted by atomic mass is 79.9. The summed E-state index contributed by atoms with van der Waals surface area (Å²) < 4.78 is 32.3. The minimum atomic E-state index is -3.70. The van der Waals surface area contributed by atoms with Crippen LogP contribution in [0.25, 0.3) is 0 Å². The van der Waals surface area contributed by atoms with Gasteiger partial charge in [-0.3, -0.25) is 10.9 Å². The number of benzene rings is 2. The zero-order valence-electron chi connectivity index (χ0n) is 17.0. The first-order valence-electron chi connectivity index (χ1n) is 9.73. The molecule has 1 aliphatic heterocycles. The molecule has 0 aliphatic carbocycles. The van der Waals surface area contributed by atoms with Crippen molar-refractivity contribution in [3.63, 3.8) is 0 Å². The zero-order chi connectivity index (χ0) is 21.7. The predicted molar refractivity (Wildman–Crippen MR) is 118 cm³/mol. The van der Waals surface area contributed by atoms with Crippen molar-refractivity contribution in [2.24, 2.45) is 0 Å². The van der Waals surface area contributed by atoms with Crippen molar-refractivity contribution in [2.75, 3.05) is 20.7 Å². The van der Waals surface area contributed by atoms with Crippen LogP contribution in [0.3, 0.4) is 0 Å². The van der Waals surface area contributed by atoms with Gasteiger partial charge in [-0.25, -0.2) is 17.5 Å². The van der Waals surface area contributed by atoms with Gasteiger partial charge < -0.3 is 4.74 Å². The SMILES string of the molecule is COC(=O)c1cc(S(=O)(=O)N(C)CCCC2CC(c3ccccc3)NN2)ccc1Br. The lowest BCUT2D eigenvalue weighted by atomic mass is 10.00. The maximum atomic E-state index is 12.9. The topological polar surface area (TPSA) is 87.7 Å². The zero-order valence-corrected chi connectivity index (χ0v) is 19.4. The molecular formula is C21H26BrN3O4S. The fourth-order valence-electron chi connectivity index (χ4n) is 3.51. The van der Waals surface area contributed by atoms with Crippen LogP contribution in [0.4, 0.5) is 0 Å². The van der Waals surface area contributed by atoms with Crippen molar-refractivity contribution >= 4 is 31.9 Å². The van der Waals surface area contributed by atoms with Crippen LogP contribution in [0.15, 0.2) is 57.9 Å². The van der Waals surface area contributed by atoms with E-state index in [4.69, 9.17) is 4.74 Å². The van der Waals surface area contributed by atoms with Gasteiger partial charge in [0.2, 0.25) is 10.0 Å². The first-order valence-corrected chi connectivity index (χ1v) is 12.0. The average Bonchev–Trinajstić information content (AvgIpc) is 3.23. The summed E-state index contributed by atoms with van der Waals surface area (Å²) in [7, 11) is -0.883. The number of ether oxygens (including phenoxy) is 1. The summed E-state index contributed by atoms with van der Waals surface area (Å²) in [6.45, 7) is 0.389. The molecule has 162 valence electrons. The lowest BCUT2D eigenvalue weighted by molar-refractivity contribution is 0.0599. The molecule has 7 nitrogen and oxygen atoms in total. The van der Waals surface area contributed by atoms with Crippen LogP contribution in [-0.2, 0) is 14.8 Å². The summed E-state index contributed by atoms with van der Waals surface area (Å²) in [5.41, 5.74) is 8.04. The molecule has 1 heterocycles. The molecular weight excluding hydrogens is 470 g/mol. The molecule has 2 atom stereocenters. The number of sulfonamides is 1. The number of hydrogen-bond donors (Lipinski definition) is 2. The monoisotopic (exact) mass is 495 g/mol. The molecule has 0 radical (unpaired) electrons. The first-order chi connectivity index (χ1) is 14.3. The Morgan fingerprint density at radius 2 is 1.93 bits per heavy atom. The van der Waals surface area contributed by atoms with E-state index in [-0.39, 0.29) is 22.5 Å². The fourth-order valence-corrected chi connectivity index (χ4v) is 5.15. The smallest absolute Gasteiger partial charge is 0.339 e. The van der Waals surface area contributed by atoms with E-state index in [0.717, 1.165) is 19.3 Å². The molecule has 2 N–H and O–H groups in total. The Kier molecular flexibility index (Phi) is 7.65. The fraction of sp³-hybridized carbons (Fsp3) is 0.381. The van der Waals surface area contributed by atoms with Crippen LogP contribution in [0.2, 0.25) is 0 Å². The van der Waals surface area contributed by atoms with Crippen LogP contribution in [0.5, 0.6) is 0 Å². The van der Waals surface area contributed by atoms with E-state index in [1.165, 1.54) is 29.1 Å². The average molecular weight is 496 g/mol. The quantitative estimate of drug-likeness (QED) is 0.546. The maximum Gasteiger partial charge on any atom is 0.339 e. The number of carbonyl (C=O) groups is 1. The van der Waals surface area contributed by atoms with Crippen molar-refractivity contribution < 1.29 is 17.9 Å². The number of esters is 1. The largest absolute Gasteiger partial charge is 0.465 e. The number of halogens is 1. The first kappa shape index (κ1) is 22.9. The van der Waals surface area contributed by atoms with E-state index in [1.54, 1.807) is 13.1 Å². The van der Waals surface area contributed by atoms with Gasteiger partial charge in [0.25, 0.3) is 0 Å². The number of nitrogens with zero attached hydrogens (tertiary/aromatic N) is 1. The molecule has 1 aliphatic rings. The summed E-state index contributed by atoms with van der Waals surface area (Å²) in [5.74, 6) is -0.589. The molecule has 0 bridgehead atoms. The van der Waals surface area contributed by atoms with Gasteiger partial charge in [0.05, 0.1) is 17.6 Å². The van der Waals surface area contributed by atoms with Crippen LogP contribution >= 0.6 is 15.9 Å². The van der Waals surface area contributed by atoms with Crippen LogP contribution in [0.1, 0.15) is 41.2 Å². The third kappa shape index (κ3) is 5.28. The minimum Gasteiger partial charge on any atom is -0.465 e. The molecule has 1 fully saturated rings. The molecule has 0 amide bonds. The molecule has 2 aromatic rings. The second-order valence-electron chi connectivity index (χ2n) is 7.29. The Morgan fingerprint density at radius 3 is 2.63 bits per heavy atom. The van der Waals surface area contributed by atoms with Crippen LogP contribution in [0, 0.1) is 0 Å². The standard InChI is InChI=1S/C21H26BrN3O4S/c1-25(30(27,28)17-10-11-19(22)18(14-17)21(26)29-2)12-6-9-16-13-20(24-23-16)15-7-4-3-5-8-15/h3-5,7-8,10-11,14,16,20,23-24H,6,9,12-13H2,1-2H3. The van der Waals surface area contributed by atoms with Crippen molar-refractivity contribution in [3.05, 3.63) is 64.1 Å². The van der Waals surface area contributed by atoms with E-state index in [1.807, 2.05) is 18.2 Å². The second kappa shape index (κ2) is 10.0. The molecule has 0 aromatic heterocycles. The summed E-state index contributed by atoms with van der Waals surface area (Å²) in [5, 5.41) is 0. The molecule has 1 saturated heterocycles. The summed E-state index contributed by atoms with van der Waals surface area (Å²) in [6, 6.07) is 15.2. The number of hydrazine groups is 1. The highest BCUT2D eigenvalue weighted by Crippen LogP contribution is 2.25. The molecule has 2 aromatic carbocycles. The molecule has 3 rings (SSSR count). The number of nitrogens with one attached hydrogen (secondary N) is 2. The number of methoxy groups -OCH3 is 1. The van der Waals surface area contributed by atoms with E-state index >= 15 is 0 Å².